The van der Waals surface area contributed by atoms with E-state index in [-0.39, 0.29) is 17.8 Å². The lowest BCUT2D eigenvalue weighted by atomic mass is 10.1. The zero-order valence-corrected chi connectivity index (χ0v) is 18.1. The number of nitrogens with one attached hydrogen (secondary N) is 4. The Bertz CT molecular complexity index is 1060. The molecule has 0 unspecified atom stereocenters. The molecule has 160 valence electrons. The van der Waals surface area contributed by atoms with E-state index in [1.165, 1.54) is 11.3 Å². The third-order valence-electron chi connectivity index (χ3n) is 4.48. The fourth-order valence-electron chi connectivity index (χ4n) is 2.89. The molecule has 1 heterocycles. The standard InChI is InChI=1S/C23H24N4O3S/c1-15-5-10-19(16(2)14-15)27-23(30)26-18-8-6-17(7-9-18)21(28)24-11-12-25-22(29)20-4-3-13-31-20/h3-10,13-14H,11-12H2,1-2H3,(H,24,28)(H,25,29)(H2,26,27,30). The van der Waals surface area contributed by atoms with Crippen LogP contribution in [0.5, 0.6) is 0 Å². The molecule has 4 amide bonds. The first-order valence-corrected chi connectivity index (χ1v) is 10.7. The van der Waals surface area contributed by atoms with E-state index in [1.54, 1.807) is 30.3 Å². The molecular formula is C23H24N4O3S. The Morgan fingerprint density at radius 2 is 1.55 bits per heavy atom. The van der Waals surface area contributed by atoms with Crippen molar-refractivity contribution in [1.82, 2.24) is 10.6 Å². The lowest BCUT2D eigenvalue weighted by Gasteiger charge is -2.11. The number of hydrogen-bond donors (Lipinski definition) is 4. The van der Waals surface area contributed by atoms with Crippen molar-refractivity contribution in [3.8, 4) is 0 Å². The Morgan fingerprint density at radius 1 is 0.839 bits per heavy atom. The van der Waals surface area contributed by atoms with Crippen molar-refractivity contribution in [2.24, 2.45) is 0 Å². The van der Waals surface area contributed by atoms with Gasteiger partial charge in [0, 0.05) is 30.0 Å². The molecule has 0 bridgehead atoms. The first-order valence-electron chi connectivity index (χ1n) is 9.77. The van der Waals surface area contributed by atoms with Crippen molar-refractivity contribution < 1.29 is 14.4 Å². The lowest BCUT2D eigenvalue weighted by molar-refractivity contribution is 0.0929. The van der Waals surface area contributed by atoms with Gasteiger partial charge in [-0.15, -0.1) is 11.3 Å². The molecule has 2 aromatic carbocycles. The average Bonchev–Trinajstić information content (AvgIpc) is 3.28. The van der Waals surface area contributed by atoms with E-state index >= 15 is 0 Å². The molecule has 3 aromatic rings. The zero-order valence-electron chi connectivity index (χ0n) is 17.3. The van der Waals surface area contributed by atoms with Crippen LogP contribution >= 0.6 is 11.3 Å². The van der Waals surface area contributed by atoms with Gasteiger partial charge >= 0.3 is 6.03 Å². The summed E-state index contributed by atoms with van der Waals surface area (Å²) in [6, 6.07) is 15.6. The Balaban J connectivity index is 1.44. The van der Waals surface area contributed by atoms with Crippen LogP contribution in [-0.4, -0.2) is 30.9 Å². The molecule has 0 saturated carbocycles. The number of hydrogen-bond acceptors (Lipinski definition) is 4. The van der Waals surface area contributed by atoms with E-state index in [1.807, 2.05) is 43.5 Å². The van der Waals surface area contributed by atoms with Crippen LogP contribution in [0.25, 0.3) is 0 Å². The van der Waals surface area contributed by atoms with Gasteiger partial charge in [-0.1, -0.05) is 23.8 Å². The van der Waals surface area contributed by atoms with Crippen LogP contribution in [0.3, 0.4) is 0 Å². The second-order valence-electron chi connectivity index (χ2n) is 6.96. The average molecular weight is 437 g/mol. The highest BCUT2D eigenvalue weighted by molar-refractivity contribution is 7.12. The second-order valence-corrected chi connectivity index (χ2v) is 7.91. The zero-order chi connectivity index (χ0) is 22.2. The summed E-state index contributed by atoms with van der Waals surface area (Å²) in [6.45, 7) is 4.58. The molecule has 0 atom stereocenters. The van der Waals surface area contributed by atoms with Crippen LogP contribution in [0.4, 0.5) is 16.2 Å². The van der Waals surface area contributed by atoms with Crippen LogP contribution in [-0.2, 0) is 0 Å². The Hall–Kier alpha value is -3.65. The summed E-state index contributed by atoms with van der Waals surface area (Å²) in [4.78, 5) is 36.9. The highest BCUT2D eigenvalue weighted by Crippen LogP contribution is 2.17. The molecule has 31 heavy (non-hydrogen) atoms. The highest BCUT2D eigenvalue weighted by atomic mass is 32.1. The van der Waals surface area contributed by atoms with E-state index in [2.05, 4.69) is 21.3 Å². The van der Waals surface area contributed by atoms with Crippen LogP contribution in [0.2, 0.25) is 0 Å². The van der Waals surface area contributed by atoms with Crippen molar-refractivity contribution in [1.29, 1.82) is 0 Å². The Kier molecular flexibility index (Phi) is 7.40. The fraction of sp³-hybridized carbons (Fsp3) is 0.174. The van der Waals surface area contributed by atoms with Gasteiger partial charge in [0.15, 0.2) is 0 Å². The van der Waals surface area contributed by atoms with Crippen molar-refractivity contribution in [3.63, 3.8) is 0 Å². The van der Waals surface area contributed by atoms with Crippen LogP contribution < -0.4 is 21.3 Å². The topological polar surface area (TPSA) is 99.3 Å². The molecule has 8 heteroatoms. The third kappa shape index (κ3) is 6.42. The number of anilines is 2. The smallest absolute Gasteiger partial charge is 0.323 e. The number of carbonyl (C=O) groups excluding carboxylic acids is 3. The number of amides is 4. The molecular weight excluding hydrogens is 412 g/mol. The normalized spacial score (nSPS) is 10.3. The van der Waals surface area contributed by atoms with Gasteiger partial charge in [0.1, 0.15) is 0 Å². The van der Waals surface area contributed by atoms with Crippen molar-refractivity contribution in [3.05, 3.63) is 81.5 Å². The first kappa shape index (κ1) is 22.0. The minimum Gasteiger partial charge on any atom is -0.350 e. The summed E-state index contributed by atoms with van der Waals surface area (Å²) in [5.41, 5.74) is 3.88. The SMILES string of the molecule is Cc1ccc(NC(=O)Nc2ccc(C(=O)NCCNC(=O)c3cccs3)cc2)c(C)c1. The molecule has 0 aliphatic heterocycles. The minimum atomic E-state index is -0.356. The number of aryl methyl sites for hydroxylation is 2. The molecule has 3 rings (SSSR count). The van der Waals surface area contributed by atoms with Crippen molar-refractivity contribution in [2.45, 2.75) is 13.8 Å². The summed E-state index contributed by atoms with van der Waals surface area (Å²) < 4.78 is 0. The van der Waals surface area contributed by atoms with E-state index in [9.17, 15) is 14.4 Å². The van der Waals surface area contributed by atoms with E-state index in [0.29, 0.717) is 29.2 Å². The van der Waals surface area contributed by atoms with E-state index < -0.39 is 0 Å². The first-order chi connectivity index (χ1) is 14.9. The molecule has 7 nitrogen and oxygen atoms in total. The largest absolute Gasteiger partial charge is 0.350 e. The summed E-state index contributed by atoms with van der Waals surface area (Å²) in [6.07, 6.45) is 0. The van der Waals surface area contributed by atoms with E-state index in [0.717, 1.165) is 16.8 Å². The molecule has 1 aromatic heterocycles. The maximum atomic E-state index is 12.2. The Labute approximate surface area is 184 Å². The molecule has 0 radical (unpaired) electrons. The summed E-state index contributed by atoms with van der Waals surface area (Å²) >= 11 is 1.37. The number of thiophene rings is 1. The van der Waals surface area contributed by atoms with Crippen molar-refractivity contribution in [2.75, 3.05) is 23.7 Å². The summed E-state index contributed by atoms with van der Waals surface area (Å²) in [5.74, 6) is -0.407. The molecule has 4 N–H and O–H groups in total. The predicted molar refractivity (Wildman–Crippen MR) is 124 cm³/mol. The number of urea groups is 1. The quantitative estimate of drug-likeness (QED) is 0.418. The van der Waals surface area contributed by atoms with Crippen LogP contribution in [0.15, 0.2) is 60.0 Å². The van der Waals surface area contributed by atoms with Gasteiger partial charge in [-0.3, -0.25) is 9.59 Å². The van der Waals surface area contributed by atoms with Crippen LogP contribution in [0, 0.1) is 13.8 Å². The van der Waals surface area contributed by atoms with Gasteiger partial charge in [-0.2, -0.15) is 0 Å². The number of rotatable bonds is 7. The lowest BCUT2D eigenvalue weighted by Crippen LogP contribution is -2.34. The van der Waals surface area contributed by atoms with Gasteiger partial charge < -0.3 is 21.3 Å². The van der Waals surface area contributed by atoms with Gasteiger partial charge in [0.05, 0.1) is 4.88 Å². The minimum absolute atomic E-state index is 0.154. The summed E-state index contributed by atoms with van der Waals surface area (Å²) in [5, 5.41) is 12.9. The molecule has 0 spiro atoms. The van der Waals surface area contributed by atoms with Gasteiger partial charge in [-0.05, 0) is 61.2 Å². The van der Waals surface area contributed by atoms with Gasteiger partial charge in [0.2, 0.25) is 0 Å². The molecule has 0 saturated heterocycles. The van der Waals surface area contributed by atoms with Gasteiger partial charge in [-0.25, -0.2) is 4.79 Å². The molecule has 0 fully saturated rings. The maximum absolute atomic E-state index is 12.2. The third-order valence-corrected chi connectivity index (χ3v) is 5.34. The van der Waals surface area contributed by atoms with Gasteiger partial charge in [0.25, 0.3) is 11.8 Å². The molecule has 0 aliphatic rings. The Morgan fingerprint density at radius 3 is 2.19 bits per heavy atom. The summed E-state index contributed by atoms with van der Waals surface area (Å²) in [7, 11) is 0. The monoisotopic (exact) mass is 436 g/mol. The maximum Gasteiger partial charge on any atom is 0.323 e. The van der Waals surface area contributed by atoms with Crippen molar-refractivity contribution >= 4 is 40.6 Å². The predicted octanol–water partition coefficient (Wildman–Crippen LogP) is 4.17. The fourth-order valence-corrected chi connectivity index (χ4v) is 3.53. The molecule has 0 aliphatic carbocycles. The number of benzene rings is 2. The second kappa shape index (κ2) is 10.4. The highest BCUT2D eigenvalue weighted by Gasteiger charge is 2.09. The van der Waals surface area contributed by atoms with Crippen LogP contribution in [0.1, 0.15) is 31.2 Å². The number of carbonyl (C=O) groups is 3. The van der Waals surface area contributed by atoms with E-state index in [4.69, 9.17) is 0 Å².